The highest BCUT2D eigenvalue weighted by Crippen LogP contribution is 2.32. The molecule has 0 aliphatic heterocycles. The first-order valence-corrected chi connectivity index (χ1v) is 8.51. The number of nitrogens with one attached hydrogen (secondary N) is 1. The lowest BCUT2D eigenvalue weighted by molar-refractivity contribution is 0.336. The number of halogens is 1. The van der Waals surface area contributed by atoms with Crippen LogP contribution >= 0.6 is 15.9 Å². The van der Waals surface area contributed by atoms with Crippen LogP contribution in [-0.4, -0.2) is 20.1 Å². The van der Waals surface area contributed by atoms with Crippen molar-refractivity contribution in [1.82, 2.24) is 5.32 Å². The van der Waals surface area contributed by atoms with E-state index in [1.807, 2.05) is 7.05 Å². The van der Waals surface area contributed by atoms with Gasteiger partial charge >= 0.3 is 0 Å². The van der Waals surface area contributed by atoms with Crippen molar-refractivity contribution in [2.24, 2.45) is 5.92 Å². The summed E-state index contributed by atoms with van der Waals surface area (Å²) in [5.41, 5.74) is 2.64. The minimum Gasteiger partial charge on any atom is -0.372 e. The molecule has 0 amide bonds. The normalized spacial score (nSPS) is 24.4. The van der Waals surface area contributed by atoms with Crippen molar-refractivity contribution in [3.63, 3.8) is 0 Å². The van der Waals surface area contributed by atoms with E-state index in [1.165, 1.54) is 41.4 Å². The SMILES string of the molecule is CNC(C)c1ccc(N(C)C2CCCC(C)C2)cc1Br. The minimum absolute atomic E-state index is 0.374. The summed E-state index contributed by atoms with van der Waals surface area (Å²) in [7, 11) is 4.24. The summed E-state index contributed by atoms with van der Waals surface area (Å²) in [5, 5.41) is 3.30. The smallest absolute Gasteiger partial charge is 0.0377 e. The fourth-order valence-corrected chi connectivity index (χ4v) is 3.92. The first kappa shape index (κ1) is 15.8. The molecule has 3 heteroatoms. The van der Waals surface area contributed by atoms with Crippen LogP contribution in [0.15, 0.2) is 22.7 Å². The van der Waals surface area contributed by atoms with Gasteiger partial charge in [0, 0.05) is 29.3 Å². The van der Waals surface area contributed by atoms with Crippen LogP contribution in [0.3, 0.4) is 0 Å². The Labute approximate surface area is 132 Å². The van der Waals surface area contributed by atoms with Crippen molar-refractivity contribution >= 4 is 21.6 Å². The zero-order chi connectivity index (χ0) is 14.7. The predicted octanol–water partition coefficient (Wildman–Crippen LogP) is 4.74. The van der Waals surface area contributed by atoms with Gasteiger partial charge in [-0.1, -0.05) is 41.8 Å². The number of benzene rings is 1. The van der Waals surface area contributed by atoms with Crippen molar-refractivity contribution in [3.05, 3.63) is 28.2 Å². The Morgan fingerprint density at radius 3 is 2.70 bits per heavy atom. The second-order valence-electron chi connectivity index (χ2n) is 6.25. The molecule has 1 fully saturated rings. The van der Waals surface area contributed by atoms with Crippen LogP contribution < -0.4 is 10.2 Å². The lowest BCUT2D eigenvalue weighted by Gasteiger charge is -2.36. The Kier molecular flexibility index (Phi) is 5.50. The largest absolute Gasteiger partial charge is 0.372 e. The number of hydrogen-bond acceptors (Lipinski definition) is 2. The van der Waals surface area contributed by atoms with Gasteiger partial charge in [-0.15, -0.1) is 0 Å². The van der Waals surface area contributed by atoms with Gasteiger partial charge in [-0.05, 0) is 50.4 Å². The fraction of sp³-hybridized carbons (Fsp3) is 0.647. The molecule has 0 radical (unpaired) electrons. The monoisotopic (exact) mass is 338 g/mol. The summed E-state index contributed by atoms with van der Waals surface area (Å²) in [4.78, 5) is 2.47. The number of hydrogen-bond donors (Lipinski definition) is 1. The molecule has 0 aromatic heterocycles. The lowest BCUT2D eigenvalue weighted by atomic mass is 9.86. The standard InChI is InChI=1S/C17H27BrN2/c1-12-6-5-7-14(10-12)20(4)15-8-9-16(13(2)19-3)17(18)11-15/h8-9,11-14,19H,5-7,10H2,1-4H3. The van der Waals surface area contributed by atoms with E-state index < -0.39 is 0 Å². The molecule has 2 nitrogen and oxygen atoms in total. The van der Waals surface area contributed by atoms with Crippen LogP contribution in [-0.2, 0) is 0 Å². The Bertz CT molecular complexity index is 447. The van der Waals surface area contributed by atoms with Crippen LogP contribution in [0.4, 0.5) is 5.69 Å². The van der Waals surface area contributed by atoms with Crippen LogP contribution in [0.25, 0.3) is 0 Å². The molecule has 112 valence electrons. The molecule has 2 rings (SSSR count). The Balaban J connectivity index is 2.14. The molecule has 0 heterocycles. The average Bonchev–Trinajstić information content (AvgIpc) is 2.45. The van der Waals surface area contributed by atoms with Crippen LogP contribution in [0.2, 0.25) is 0 Å². The van der Waals surface area contributed by atoms with E-state index in [1.54, 1.807) is 0 Å². The first-order chi connectivity index (χ1) is 9.52. The highest BCUT2D eigenvalue weighted by atomic mass is 79.9. The number of rotatable bonds is 4. The second kappa shape index (κ2) is 6.95. The van der Waals surface area contributed by atoms with Crippen molar-refractivity contribution in [1.29, 1.82) is 0 Å². The van der Waals surface area contributed by atoms with Crippen molar-refractivity contribution < 1.29 is 0 Å². The Hall–Kier alpha value is -0.540. The maximum absolute atomic E-state index is 3.73. The van der Waals surface area contributed by atoms with Crippen molar-refractivity contribution in [2.75, 3.05) is 19.0 Å². The van der Waals surface area contributed by atoms with Gasteiger partial charge in [-0.3, -0.25) is 0 Å². The molecule has 1 aliphatic rings. The fourth-order valence-electron chi connectivity index (χ4n) is 3.21. The molecule has 0 spiro atoms. The van der Waals surface area contributed by atoms with Crippen molar-refractivity contribution in [2.45, 2.75) is 51.6 Å². The van der Waals surface area contributed by atoms with E-state index >= 15 is 0 Å². The molecule has 0 saturated heterocycles. The van der Waals surface area contributed by atoms with E-state index in [-0.39, 0.29) is 0 Å². The third kappa shape index (κ3) is 3.56. The van der Waals surface area contributed by atoms with Crippen molar-refractivity contribution in [3.8, 4) is 0 Å². The lowest BCUT2D eigenvalue weighted by Crippen LogP contribution is -2.35. The first-order valence-electron chi connectivity index (χ1n) is 7.72. The van der Waals surface area contributed by atoms with Gasteiger partial charge in [0.1, 0.15) is 0 Å². The third-order valence-electron chi connectivity index (χ3n) is 4.75. The van der Waals surface area contributed by atoms with Gasteiger partial charge in [0.2, 0.25) is 0 Å². The number of anilines is 1. The highest BCUT2D eigenvalue weighted by Gasteiger charge is 2.23. The minimum atomic E-state index is 0.374. The van der Waals surface area contributed by atoms with E-state index in [4.69, 9.17) is 0 Å². The Morgan fingerprint density at radius 1 is 1.35 bits per heavy atom. The molecule has 1 N–H and O–H groups in total. The van der Waals surface area contributed by atoms with Gasteiger partial charge < -0.3 is 10.2 Å². The summed E-state index contributed by atoms with van der Waals surface area (Å²) in [6.45, 7) is 4.57. The molecule has 3 atom stereocenters. The molecule has 0 bridgehead atoms. The number of nitrogens with zero attached hydrogens (tertiary/aromatic N) is 1. The van der Waals surface area contributed by atoms with Gasteiger partial charge in [0.25, 0.3) is 0 Å². The van der Waals surface area contributed by atoms with E-state index in [9.17, 15) is 0 Å². The summed E-state index contributed by atoms with van der Waals surface area (Å²) in [6, 6.07) is 7.83. The highest BCUT2D eigenvalue weighted by molar-refractivity contribution is 9.10. The zero-order valence-electron chi connectivity index (χ0n) is 13.1. The molecular weight excluding hydrogens is 312 g/mol. The topological polar surface area (TPSA) is 15.3 Å². The molecule has 1 aliphatic carbocycles. The molecule has 1 aromatic rings. The molecular formula is C17H27BrN2. The van der Waals surface area contributed by atoms with Crippen LogP contribution in [0.1, 0.15) is 51.1 Å². The zero-order valence-corrected chi connectivity index (χ0v) is 14.7. The molecule has 1 aromatic carbocycles. The maximum atomic E-state index is 3.73. The average molecular weight is 339 g/mol. The van der Waals surface area contributed by atoms with E-state index in [0.29, 0.717) is 12.1 Å². The summed E-state index contributed by atoms with van der Waals surface area (Å²) < 4.78 is 1.20. The second-order valence-corrected chi connectivity index (χ2v) is 7.11. The quantitative estimate of drug-likeness (QED) is 0.852. The Morgan fingerprint density at radius 2 is 2.10 bits per heavy atom. The van der Waals surface area contributed by atoms with Gasteiger partial charge in [-0.2, -0.15) is 0 Å². The maximum Gasteiger partial charge on any atom is 0.0377 e. The summed E-state index contributed by atoms with van der Waals surface area (Å²) in [5.74, 6) is 0.864. The van der Waals surface area contributed by atoms with Crippen LogP contribution in [0, 0.1) is 5.92 Å². The van der Waals surface area contributed by atoms with Gasteiger partial charge in [0.15, 0.2) is 0 Å². The van der Waals surface area contributed by atoms with E-state index in [0.717, 1.165) is 5.92 Å². The molecule has 20 heavy (non-hydrogen) atoms. The summed E-state index contributed by atoms with van der Waals surface area (Å²) in [6.07, 6.45) is 5.41. The summed E-state index contributed by atoms with van der Waals surface area (Å²) >= 11 is 3.73. The van der Waals surface area contributed by atoms with Gasteiger partial charge in [-0.25, -0.2) is 0 Å². The van der Waals surface area contributed by atoms with Crippen LogP contribution in [0.5, 0.6) is 0 Å². The third-order valence-corrected chi connectivity index (χ3v) is 5.43. The predicted molar refractivity (Wildman–Crippen MR) is 91.4 cm³/mol. The van der Waals surface area contributed by atoms with Gasteiger partial charge in [0.05, 0.1) is 0 Å². The van der Waals surface area contributed by atoms with E-state index in [2.05, 4.69) is 65.2 Å². The molecule has 3 unspecified atom stereocenters. The molecule has 1 saturated carbocycles.